The molecular formula is C17H24ClIN2O. The van der Waals surface area contributed by atoms with Crippen LogP contribution in [0.2, 0.25) is 0 Å². The van der Waals surface area contributed by atoms with E-state index in [9.17, 15) is 4.79 Å². The normalized spacial score (nSPS) is 27.7. The van der Waals surface area contributed by atoms with Gasteiger partial charge < -0.3 is 10.6 Å². The van der Waals surface area contributed by atoms with Gasteiger partial charge in [-0.25, -0.2) is 0 Å². The van der Waals surface area contributed by atoms with E-state index in [4.69, 9.17) is 5.73 Å². The van der Waals surface area contributed by atoms with Crippen molar-refractivity contribution >= 4 is 40.9 Å². The number of nitrogens with zero attached hydrogens (tertiary/aromatic N) is 1. The Morgan fingerprint density at radius 1 is 1.23 bits per heavy atom. The molecule has 1 aromatic rings. The number of nitrogens with two attached hydrogens (primary N) is 1. The monoisotopic (exact) mass is 434 g/mol. The molecule has 0 aromatic heterocycles. The molecule has 3 rings (SSSR count). The van der Waals surface area contributed by atoms with Crippen molar-refractivity contribution < 1.29 is 4.79 Å². The first kappa shape index (κ1) is 18.0. The number of rotatable bonds is 3. The highest BCUT2D eigenvalue weighted by atomic mass is 127. The highest BCUT2D eigenvalue weighted by Gasteiger charge is 2.39. The van der Waals surface area contributed by atoms with Gasteiger partial charge in [-0.3, -0.25) is 4.79 Å². The second-order valence-corrected chi connectivity index (χ2v) is 7.41. The average Bonchev–Trinajstić information content (AvgIpc) is 3.16. The highest BCUT2D eigenvalue weighted by Crippen LogP contribution is 2.39. The minimum absolute atomic E-state index is 0. The fourth-order valence-corrected chi connectivity index (χ4v) is 4.70. The highest BCUT2D eigenvalue weighted by molar-refractivity contribution is 14.1. The lowest BCUT2D eigenvalue weighted by Crippen LogP contribution is -2.38. The molecule has 3 atom stereocenters. The number of hydrogen-bond donors (Lipinski definition) is 1. The van der Waals surface area contributed by atoms with Crippen LogP contribution >= 0.6 is 35.0 Å². The molecule has 0 radical (unpaired) electrons. The molecule has 2 fully saturated rings. The largest absolute Gasteiger partial charge is 0.335 e. The van der Waals surface area contributed by atoms with Crippen LogP contribution in [-0.2, 0) is 4.79 Å². The summed E-state index contributed by atoms with van der Waals surface area (Å²) >= 11 is 2.39. The van der Waals surface area contributed by atoms with E-state index in [-0.39, 0.29) is 24.4 Å². The number of halogens is 2. The lowest BCUT2D eigenvalue weighted by Gasteiger charge is -2.30. The first-order valence-corrected chi connectivity index (χ1v) is 9.05. The smallest absolute Gasteiger partial charge is 0.226 e. The van der Waals surface area contributed by atoms with Crippen molar-refractivity contribution in [3.8, 4) is 0 Å². The Morgan fingerprint density at radius 3 is 2.73 bits per heavy atom. The summed E-state index contributed by atoms with van der Waals surface area (Å²) < 4.78 is 1.27. The van der Waals surface area contributed by atoms with Crippen LogP contribution in [0.25, 0.3) is 0 Å². The van der Waals surface area contributed by atoms with Crippen molar-refractivity contribution in [2.24, 2.45) is 17.6 Å². The number of likely N-dealkylation sites (tertiary alicyclic amines) is 1. The van der Waals surface area contributed by atoms with Crippen LogP contribution in [0.3, 0.4) is 0 Å². The number of hydrogen-bond acceptors (Lipinski definition) is 2. The molecule has 1 amide bonds. The van der Waals surface area contributed by atoms with Crippen LogP contribution in [0.1, 0.15) is 43.7 Å². The van der Waals surface area contributed by atoms with Gasteiger partial charge in [0, 0.05) is 16.0 Å². The molecular weight excluding hydrogens is 411 g/mol. The maximum atomic E-state index is 13.0. The zero-order valence-corrected chi connectivity index (χ0v) is 15.7. The molecule has 1 unspecified atom stereocenters. The Morgan fingerprint density at radius 2 is 2.00 bits per heavy atom. The van der Waals surface area contributed by atoms with E-state index >= 15 is 0 Å². The van der Waals surface area contributed by atoms with E-state index in [0.717, 1.165) is 38.6 Å². The predicted octanol–water partition coefficient (Wildman–Crippen LogP) is 3.75. The Kier molecular flexibility index (Phi) is 6.53. The van der Waals surface area contributed by atoms with Gasteiger partial charge in [-0.05, 0) is 72.4 Å². The molecule has 1 saturated heterocycles. The molecule has 5 heteroatoms. The summed E-state index contributed by atoms with van der Waals surface area (Å²) in [6.45, 7) is 1.56. The maximum absolute atomic E-state index is 13.0. The van der Waals surface area contributed by atoms with Crippen molar-refractivity contribution in [3.63, 3.8) is 0 Å². The Bertz CT molecular complexity index is 525. The zero-order valence-electron chi connectivity index (χ0n) is 12.7. The summed E-state index contributed by atoms with van der Waals surface area (Å²) in [6.07, 6.45) is 5.50. The summed E-state index contributed by atoms with van der Waals surface area (Å²) in [4.78, 5) is 15.1. The van der Waals surface area contributed by atoms with Crippen LogP contribution in [0.15, 0.2) is 24.3 Å². The van der Waals surface area contributed by atoms with Gasteiger partial charge in [0.1, 0.15) is 0 Å². The average molecular weight is 435 g/mol. The first-order chi connectivity index (χ1) is 10.2. The molecule has 22 heavy (non-hydrogen) atoms. The third-order valence-electron chi connectivity index (χ3n) is 5.08. The summed E-state index contributed by atoms with van der Waals surface area (Å²) in [5.41, 5.74) is 7.17. The molecule has 1 aromatic carbocycles. The third-order valence-corrected chi connectivity index (χ3v) is 6.06. The van der Waals surface area contributed by atoms with Crippen LogP contribution in [0, 0.1) is 15.4 Å². The molecule has 3 nitrogen and oxygen atoms in total. The maximum Gasteiger partial charge on any atom is 0.226 e. The number of benzene rings is 1. The SMILES string of the molecule is Cl.NC[C@H]1CCC[C@H]1C(=O)N1CCCC1c1ccccc1I. The second kappa shape index (κ2) is 7.97. The predicted molar refractivity (Wildman–Crippen MR) is 100.0 cm³/mol. The van der Waals surface area contributed by atoms with Gasteiger partial charge in [-0.15, -0.1) is 12.4 Å². The second-order valence-electron chi connectivity index (χ2n) is 6.24. The van der Waals surface area contributed by atoms with Gasteiger partial charge >= 0.3 is 0 Å². The summed E-state index contributed by atoms with van der Waals surface area (Å²) in [5.74, 6) is 0.913. The summed E-state index contributed by atoms with van der Waals surface area (Å²) in [6, 6.07) is 8.72. The number of carbonyl (C=O) groups excluding carboxylic acids is 1. The standard InChI is InChI=1S/C17H23IN2O.ClH/c18-15-8-2-1-6-14(15)16-9-4-10-20(16)17(21)13-7-3-5-12(13)11-19;/h1-2,6,8,12-13,16H,3-5,7,9-11,19H2;1H/t12-,13-,16?;/m1./s1. The van der Waals surface area contributed by atoms with Crippen molar-refractivity contribution in [2.45, 2.75) is 38.1 Å². The summed E-state index contributed by atoms with van der Waals surface area (Å²) in [7, 11) is 0. The van der Waals surface area contributed by atoms with Crippen LogP contribution < -0.4 is 5.73 Å². The minimum atomic E-state index is 0. The van der Waals surface area contributed by atoms with Crippen LogP contribution in [0.4, 0.5) is 0 Å². The Balaban J connectivity index is 0.00000176. The van der Waals surface area contributed by atoms with E-state index in [0.29, 0.717) is 18.4 Å². The molecule has 0 bridgehead atoms. The van der Waals surface area contributed by atoms with Gasteiger partial charge in [-0.2, -0.15) is 0 Å². The molecule has 1 aliphatic heterocycles. The van der Waals surface area contributed by atoms with Gasteiger partial charge in [0.2, 0.25) is 5.91 Å². The fraction of sp³-hybridized carbons (Fsp3) is 0.588. The van der Waals surface area contributed by atoms with Gasteiger partial charge in [-0.1, -0.05) is 24.6 Å². The van der Waals surface area contributed by atoms with E-state index in [1.54, 1.807) is 0 Å². The summed E-state index contributed by atoms with van der Waals surface area (Å²) in [5, 5.41) is 0. The van der Waals surface area contributed by atoms with Crippen molar-refractivity contribution in [1.29, 1.82) is 0 Å². The lowest BCUT2D eigenvalue weighted by atomic mass is 9.94. The van der Waals surface area contributed by atoms with E-state index in [2.05, 4.69) is 51.8 Å². The molecule has 0 spiro atoms. The van der Waals surface area contributed by atoms with Crippen LogP contribution in [-0.4, -0.2) is 23.9 Å². The molecule has 1 aliphatic carbocycles. The first-order valence-electron chi connectivity index (χ1n) is 7.97. The molecule has 2 aliphatic rings. The van der Waals surface area contributed by atoms with Crippen molar-refractivity contribution in [2.75, 3.05) is 13.1 Å². The molecule has 2 N–H and O–H groups in total. The number of amides is 1. The molecule has 122 valence electrons. The Hall–Kier alpha value is -0.330. The minimum Gasteiger partial charge on any atom is -0.335 e. The van der Waals surface area contributed by atoms with Gasteiger partial charge in [0.25, 0.3) is 0 Å². The van der Waals surface area contributed by atoms with E-state index < -0.39 is 0 Å². The van der Waals surface area contributed by atoms with E-state index in [1.807, 2.05) is 0 Å². The van der Waals surface area contributed by atoms with Gasteiger partial charge in [0.05, 0.1) is 6.04 Å². The lowest BCUT2D eigenvalue weighted by molar-refractivity contribution is -0.137. The van der Waals surface area contributed by atoms with Crippen molar-refractivity contribution in [1.82, 2.24) is 4.90 Å². The Labute approximate surface area is 152 Å². The topological polar surface area (TPSA) is 46.3 Å². The molecule has 1 heterocycles. The zero-order chi connectivity index (χ0) is 14.8. The van der Waals surface area contributed by atoms with Crippen LogP contribution in [0.5, 0.6) is 0 Å². The molecule has 1 saturated carbocycles. The number of carbonyl (C=O) groups is 1. The third kappa shape index (κ3) is 3.44. The van der Waals surface area contributed by atoms with Crippen molar-refractivity contribution in [3.05, 3.63) is 33.4 Å². The van der Waals surface area contributed by atoms with E-state index in [1.165, 1.54) is 9.13 Å². The quantitative estimate of drug-likeness (QED) is 0.737. The van der Waals surface area contributed by atoms with Gasteiger partial charge in [0.15, 0.2) is 0 Å². The fourth-order valence-electron chi connectivity index (χ4n) is 3.96.